The molecule has 3 aromatic rings. The van der Waals surface area contributed by atoms with Crippen LogP contribution in [0.3, 0.4) is 0 Å². The van der Waals surface area contributed by atoms with Gasteiger partial charge in [-0.25, -0.2) is 0 Å². The van der Waals surface area contributed by atoms with Gasteiger partial charge >= 0.3 is 10.5 Å². The van der Waals surface area contributed by atoms with E-state index in [4.69, 9.17) is 27.6 Å². The molecule has 0 spiro atoms. The Bertz CT molecular complexity index is 1030. The summed E-state index contributed by atoms with van der Waals surface area (Å²) >= 11 is 11.7. The summed E-state index contributed by atoms with van der Waals surface area (Å²) in [6, 6.07) is 8.19. The lowest BCUT2D eigenvalue weighted by Gasteiger charge is -2.02. The third-order valence-corrected chi connectivity index (χ3v) is 3.93. The molecule has 0 aliphatic rings. The molecule has 130 valence electrons. The van der Waals surface area contributed by atoms with Crippen molar-refractivity contribution >= 4 is 33.7 Å². The number of nitrogens with zero attached hydrogens (tertiary/aromatic N) is 2. The standard InChI is InChI=1S/C14H7Cl2FN2O5S/c15-10-5-8(6-11(16)12(10)20)14-19-18-13(23-14)7-2-1-3-9(4-7)24-25(17,21)22/h1-6,20H. The van der Waals surface area contributed by atoms with Crippen molar-refractivity contribution in [2.75, 3.05) is 0 Å². The highest BCUT2D eigenvalue weighted by Gasteiger charge is 2.16. The van der Waals surface area contributed by atoms with Crippen LogP contribution in [0.5, 0.6) is 11.5 Å². The molecule has 1 N–H and O–H groups in total. The second kappa shape index (κ2) is 6.51. The van der Waals surface area contributed by atoms with E-state index in [-0.39, 0.29) is 33.3 Å². The summed E-state index contributed by atoms with van der Waals surface area (Å²) in [7, 11) is -5.15. The summed E-state index contributed by atoms with van der Waals surface area (Å²) in [4.78, 5) is 0. The van der Waals surface area contributed by atoms with Crippen LogP contribution in [0.4, 0.5) is 3.89 Å². The Morgan fingerprint density at radius 1 is 1.04 bits per heavy atom. The molecule has 25 heavy (non-hydrogen) atoms. The maximum Gasteiger partial charge on any atom is 0.488 e. The van der Waals surface area contributed by atoms with E-state index in [2.05, 4.69) is 14.4 Å². The molecule has 2 aromatic carbocycles. The van der Waals surface area contributed by atoms with Crippen molar-refractivity contribution in [3.63, 3.8) is 0 Å². The van der Waals surface area contributed by atoms with Crippen LogP contribution in [-0.4, -0.2) is 23.7 Å². The van der Waals surface area contributed by atoms with Crippen LogP contribution in [0, 0.1) is 0 Å². The van der Waals surface area contributed by atoms with E-state index in [1.165, 1.54) is 36.4 Å². The number of aromatic nitrogens is 2. The number of aromatic hydroxyl groups is 1. The second-order valence-electron chi connectivity index (χ2n) is 4.71. The van der Waals surface area contributed by atoms with Crippen molar-refractivity contribution in [3.8, 4) is 34.4 Å². The third kappa shape index (κ3) is 4.01. The van der Waals surface area contributed by atoms with Gasteiger partial charge in [0.2, 0.25) is 11.8 Å². The van der Waals surface area contributed by atoms with Crippen molar-refractivity contribution in [1.29, 1.82) is 0 Å². The minimum Gasteiger partial charge on any atom is -0.505 e. The quantitative estimate of drug-likeness (QED) is 0.655. The van der Waals surface area contributed by atoms with Gasteiger partial charge in [0.05, 0.1) is 10.0 Å². The van der Waals surface area contributed by atoms with Gasteiger partial charge in [0.25, 0.3) is 0 Å². The van der Waals surface area contributed by atoms with Gasteiger partial charge in [-0.1, -0.05) is 33.2 Å². The lowest BCUT2D eigenvalue weighted by atomic mass is 10.2. The predicted octanol–water partition coefficient (Wildman–Crippen LogP) is 4.01. The van der Waals surface area contributed by atoms with Crippen LogP contribution in [0.25, 0.3) is 22.9 Å². The van der Waals surface area contributed by atoms with Gasteiger partial charge in [0.1, 0.15) is 5.75 Å². The number of phenols is 1. The van der Waals surface area contributed by atoms with Crippen LogP contribution >= 0.6 is 23.2 Å². The van der Waals surface area contributed by atoms with Crippen LogP contribution in [0.15, 0.2) is 40.8 Å². The average molecular weight is 405 g/mol. The van der Waals surface area contributed by atoms with Crippen LogP contribution in [0.2, 0.25) is 10.0 Å². The smallest absolute Gasteiger partial charge is 0.488 e. The molecule has 7 nitrogen and oxygen atoms in total. The highest BCUT2D eigenvalue weighted by atomic mass is 35.5. The molecule has 0 atom stereocenters. The molecular weight excluding hydrogens is 398 g/mol. The maximum atomic E-state index is 12.6. The first-order chi connectivity index (χ1) is 11.7. The molecule has 0 bridgehead atoms. The molecule has 11 heteroatoms. The fourth-order valence-electron chi connectivity index (χ4n) is 1.94. The Balaban J connectivity index is 1.96. The van der Waals surface area contributed by atoms with E-state index < -0.39 is 10.5 Å². The minimum absolute atomic E-state index is 0.00537. The normalized spacial score (nSPS) is 11.5. The Kier molecular flexibility index (Phi) is 4.55. The summed E-state index contributed by atoms with van der Waals surface area (Å²) in [6.07, 6.45) is 0. The summed E-state index contributed by atoms with van der Waals surface area (Å²) in [5, 5.41) is 17.2. The summed E-state index contributed by atoms with van der Waals surface area (Å²) < 4.78 is 43.3. The topological polar surface area (TPSA) is 103 Å². The predicted molar refractivity (Wildman–Crippen MR) is 87.5 cm³/mol. The molecule has 0 radical (unpaired) electrons. The van der Waals surface area contributed by atoms with Gasteiger partial charge in [-0.2, -0.15) is 8.42 Å². The highest BCUT2D eigenvalue weighted by molar-refractivity contribution is 7.81. The molecule has 0 unspecified atom stereocenters. The van der Waals surface area contributed by atoms with Gasteiger partial charge < -0.3 is 13.7 Å². The summed E-state index contributed by atoms with van der Waals surface area (Å²) in [5.41, 5.74) is 0.668. The van der Waals surface area contributed by atoms with E-state index in [0.29, 0.717) is 11.1 Å². The number of phenolic OH excluding ortho intramolecular Hbond substituents is 1. The maximum absolute atomic E-state index is 12.6. The van der Waals surface area contributed by atoms with E-state index >= 15 is 0 Å². The molecule has 1 heterocycles. The van der Waals surface area contributed by atoms with Crippen LogP contribution < -0.4 is 4.18 Å². The summed E-state index contributed by atoms with van der Waals surface area (Å²) in [6.45, 7) is 0. The zero-order chi connectivity index (χ0) is 18.2. The number of halogens is 3. The van der Waals surface area contributed by atoms with Gasteiger partial charge in [-0.05, 0) is 30.3 Å². The van der Waals surface area contributed by atoms with Gasteiger partial charge in [-0.3, -0.25) is 0 Å². The van der Waals surface area contributed by atoms with Crippen molar-refractivity contribution in [3.05, 3.63) is 46.4 Å². The minimum atomic E-state index is -5.15. The first-order valence-electron chi connectivity index (χ1n) is 6.49. The molecule has 3 rings (SSSR count). The first-order valence-corrected chi connectivity index (χ1v) is 8.56. The lowest BCUT2D eigenvalue weighted by molar-refractivity contribution is 0.440. The third-order valence-electron chi connectivity index (χ3n) is 2.97. The first kappa shape index (κ1) is 17.5. The Morgan fingerprint density at radius 2 is 1.64 bits per heavy atom. The largest absolute Gasteiger partial charge is 0.505 e. The monoisotopic (exact) mass is 404 g/mol. The van der Waals surface area contributed by atoms with Crippen molar-refractivity contribution < 1.29 is 26.0 Å². The molecular formula is C14H7Cl2FN2O5S. The highest BCUT2D eigenvalue weighted by Crippen LogP contribution is 2.36. The molecule has 1 aromatic heterocycles. The molecule has 0 aliphatic carbocycles. The second-order valence-corrected chi connectivity index (χ2v) is 6.47. The van der Waals surface area contributed by atoms with E-state index in [0.717, 1.165) is 0 Å². The van der Waals surface area contributed by atoms with Gasteiger partial charge in [0.15, 0.2) is 5.75 Å². The van der Waals surface area contributed by atoms with Crippen molar-refractivity contribution in [1.82, 2.24) is 10.2 Å². The van der Waals surface area contributed by atoms with Crippen LogP contribution in [0.1, 0.15) is 0 Å². The number of hydrogen-bond acceptors (Lipinski definition) is 7. The Hall–Kier alpha value is -2.36. The zero-order valence-corrected chi connectivity index (χ0v) is 14.3. The fraction of sp³-hybridized carbons (Fsp3) is 0. The number of rotatable bonds is 4. The molecule has 0 fully saturated rings. The van der Waals surface area contributed by atoms with E-state index in [1.807, 2.05) is 0 Å². The molecule has 0 saturated carbocycles. The molecule has 0 aliphatic heterocycles. The zero-order valence-electron chi connectivity index (χ0n) is 12.0. The van der Waals surface area contributed by atoms with Crippen molar-refractivity contribution in [2.24, 2.45) is 0 Å². The summed E-state index contributed by atoms with van der Waals surface area (Å²) in [5.74, 6) is -0.445. The SMILES string of the molecule is O=S(=O)(F)Oc1cccc(-c2nnc(-c3cc(Cl)c(O)c(Cl)c3)o2)c1. The van der Waals surface area contributed by atoms with Crippen LogP contribution in [-0.2, 0) is 10.5 Å². The van der Waals surface area contributed by atoms with Gasteiger partial charge in [0, 0.05) is 11.1 Å². The fourth-order valence-corrected chi connectivity index (χ4v) is 2.76. The van der Waals surface area contributed by atoms with Crippen molar-refractivity contribution in [2.45, 2.75) is 0 Å². The number of benzene rings is 2. The molecule has 0 amide bonds. The lowest BCUT2D eigenvalue weighted by Crippen LogP contribution is -2.00. The number of hydrogen-bond donors (Lipinski definition) is 1. The average Bonchev–Trinajstić information content (AvgIpc) is 3.01. The Labute approximate surface area is 151 Å². The van der Waals surface area contributed by atoms with Gasteiger partial charge in [-0.15, -0.1) is 10.2 Å². The van der Waals surface area contributed by atoms with E-state index in [9.17, 15) is 17.4 Å². The molecule has 0 saturated heterocycles. The van der Waals surface area contributed by atoms with E-state index in [1.54, 1.807) is 0 Å². The Morgan fingerprint density at radius 3 is 2.24 bits per heavy atom.